The van der Waals surface area contributed by atoms with E-state index in [1.54, 1.807) is 13.3 Å². The van der Waals surface area contributed by atoms with Crippen molar-refractivity contribution in [3.05, 3.63) is 24.0 Å². The average Bonchev–Trinajstić information content (AvgIpc) is 2.49. The standard InChI is InChI=1S/C15H26N4O/c1-19(2)15(9-5-4-6-10-15)14(18-16)13-12(20-3)8-7-11-17-13/h7-8,11,14,18H,4-6,9-10,16H2,1-3H3. The Morgan fingerprint density at radius 1 is 1.35 bits per heavy atom. The van der Waals surface area contributed by atoms with E-state index in [1.807, 2.05) is 12.1 Å². The van der Waals surface area contributed by atoms with Crippen LogP contribution < -0.4 is 16.0 Å². The largest absolute Gasteiger partial charge is 0.495 e. The molecule has 1 fully saturated rings. The first kappa shape index (κ1) is 15.2. The molecule has 1 aromatic heterocycles. The van der Waals surface area contributed by atoms with E-state index in [-0.39, 0.29) is 11.6 Å². The number of ether oxygens (including phenoxy) is 1. The van der Waals surface area contributed by atoms with Gasteiger partial charge in [-0.05, 0) is 39.1 Å². The lowest BCUT2D eigenvalue weighted by Crippen LogP contribution is -2.56. The van der Waals surface area contributed by atoms with E-state index >= 15 is 0 Å². The molecule has 1 aromatic rings. The van der Waals surface area contributed by atoms with Gasteiger partial charge >= 0.3 is 0 Å². The zero-order valence-corrected chi connectivity index (χ0v) is 12.7. The molecule has 1 unspecified atom stereocenters. The van der Waals surface area contributed by atoms with Gasteiger partial charge in [0.05, 0.1) is 13.2 Å². The number of pyridine rings is 1. The van der Waals surface area contributed by atoms with Gasteiger partial charge in [0.1, 0.15) is 11.4 Å². The average molecular weight is 278 g/mol. The molecule has 0 amide bonds. The smallest absolute Gasteiger partial charge is 0.142 e. The normalized spacial score (nSPS) is 19.9. The molecule has 0 saturated heterocycles. The molecule has 20 heavy (non-hydrogen) atoms. The quantitative estimate of drug-likeness (QED) is 0.636. The van der Waals surface area contributed by atoms with E-state index in [4.69, 9.17) is 10.6 Å². The van der Waals surface area contributed by atoms with Crippen molar-refractivity contribution in [1.82, 2.24) is 15.3 Å². The summed E-state index contributed by atoms with van der Waals surface area (Å²) in [6.07, 6.45) is 7.79. The third-order valence-corrected chi connectivity index (χ3v) is 4.61. The lowest BCUT2D eigenvalue weighted by molar-refractivity contribution is 0.0538. The highest BCUT2D eigenvalue weighted by Crippen LogP contribution is 2.43. The van der Waals surface area contributed by atoms with E-state index in [9.17, 15) is 0 Å². The predicted molar refractivity (Wildman–Crippen MR) is 80.4 cm³/mol. The Morgan fingerprint density at radius 2 is 2.05 bits per heavy atom. The molecule has 1 atom stereocenters. The highest BCUT2D eigenvalue weighted by Gasteiger charge is 2.43. The molecule has 1 saturated carbocycles. The number of likely N-dealkylation sites (N-methyl/N-ethyl adjacent to an activating group) is 1. The summed E-state index contributed by atoms with van der Waals surface area (Å²) in [4.78, 5) is 6.83. The van der Waals surface area contributed by atoms with E-state index in [0.29, 0.717) is 0 Å². The van der Waals surface area contributed by atoms with Gasteiger partial charge in [0, 0.05) is 11.7 Å². The van der Waals surface area contributed by atoms with Crippen molar-refractivity contribution in [2.75, 3.05) is 21.2 Å². The lowest BCUT2D eigenvalue weighted by Gasteiger charge is -2.48. The molecule has 5 nitrogen and oxygen atoms in total. The van der Waals surface area contributed by atoms with Crippen LogP contribution in [0.5, 0.6) is 5.75 Å². The highest BCUT2D eigenvalue weighted by molar-refractivity contribution is 5.32. The second-order valence-corrected chi connectivity index (χ2v) is 5.75. The molecule has 0 bridgehead atoms. The molecular weight excluding hydrogens is 252 g/mol. The van der Waals surface area contributed by atoms with Crippen molar-refractivity contribution in [3.63, 3.8) is 0 Å². The summed E-state index contributed by atoms with van der Waals surface area (Å²) >= 11 is 0. The Balaban J connectivity index is 2.43. The minimum atomic E-state index is -0.0334. The summed E-state index contributed by atoms with van der Waals surface area (Å²) in [7, 11) is 5.94. The maximum absolute atomic E-state index is 5.91. The molecule has 3 N–H and O–H groups in total. The molecule has 0 aliphatic heterocycles. The van der Waals surface area contributed by atoms with Crippen molar-refractivity contribution in [2.24, 2.45) is 5.84 Å². The molecular formula is C15H26N4O. The van der Waals surface area contributed by atoms with Crippen LogP contribution in [0.4, 0.5) is 0 Å². The van der Waals surface area contributed by atoms with Crippen molar-refractivity contribution in [1.29, 1.82) is 0 Å². The van der Waals surface area contributed by atoms with Gasteiger partial charge in [0.2, 0.25) is 0 Å². The summed E-state index contributed by atoms with van der Waals surface area (Å²) < 4.78 is 5.47. The van der Waals surface area contributed by atoms with Crippen molar-refractivity contribution in [2.45, 2.75) is 43.7 Å². The van der Waals surface area contributed by atoms with Crippen LogP contribution in [-0.2, 0) is 0 Å². The molecule has 1 aliphatic carbocycles. The fourth-order valence-corrected chi connectivity index (χ4v) is 3.44. The summed E-state index contributed by atoms with van der Waals surface area (Å²) in [6, 6.07) is 3.80. The summed E-state index contributed by atoms with van der Waals surface area (Å²) in [5, 5.41) is 0. The van der Waals surface area contributed by atoms with Crippen molar-refractivity contribution < 1.29 is 4.74 Å². The Bertz CT molecular complexity index is 430. The van der Waals surface area contributed by atoms with Gasteiger partial charge < -0.3 is 9.64 Å². The summed E-state index contributed by atoms with van der Waals surface area (Å²) in [6.45, 7) is 0. The first-order chi connectivity index (χ1) is 9.65. The van der Waals surface area contributed by atoms with E-state index in [0.717, 1.165) is 24.3 Å². The number of hydrazine groups is 1. The summed E-state index contributed by atoms with van der Waals surface area (Å²) in [5.41, 5.74) is 3.89. The number of aromatic nitrogens is 1. The number of hydrogen-bond acceptors (Lipinski definition) is 5. The van der Waals surface area contributed by atoms with Crippen LogP contribution in [0.15, 0.2) is 18.3 Å². The van der Waals surface area contributed by atoms with Gasteiger partial charge in [-0.2, -0.15) is 0 Å². The molecule has 1 aliphatic rings. The van der Waals surface area contributed by atoms with Gasteiger partial charge in [0.15, 0.2) is 0 Å². The Hall–Kier alpha value is -1.17. The molecule has 0 aromatic carbocycles. The number of hydrogen-bond donors (Lipinski definition) is 2. The van der Waals surface area contributed by atoms with Gasteiger partial charge in [-0.25, -0.2) is 5.43 Å². The van der Waals surface area contributed by atoms with Crippen LogP contribution in [0.2, 0.25) is 0 Å². The minimum Gasteiger partial charge on any atom is -0.495 e. The topological polar surface area (TPSA) is 63.4 Å². The van der Waals surface area contributed by atoms with Crippen LogP contribution >= 0.6 is 0 Å². The third-order valence-electron chi connectivity index (χ3n) is 4.61. The molecule has 112 valence electrons. The van der Waals surface area contributed by atoms with Crippen molar-refractivity contribution >= 4 is 0 Å². The number of nitrogens with one attached hydrogen (secondary N) is 1. The Labute approximate surface area is 121 Å². The van der Waals surface area contributed by atoms with Crippen LogP contribution in [0.1, 0.15) is 43.8 Å². The molecule has 0 spiro atoms. The Kier molecular flexibility index (Phi) is 4.96. The predicted octanol–water partition coefficient (Wildman–Crippen LogP) is 1.86. The van der Waals surface area contributed by atoms with E-state index in [2.05, 4.69) is 29.4 Å². The number of nitrogens with zero attached hydrogens (tertiary/aromatic N) is 2. The third kappa shape index (κ3) is 2.66. The van der Waals surface area contributed by atoms with Crippen LogP contribution in [-0.4, -0.2) is 36.6 Å². The van der Waals surface area contributed by atoms with E-state index < -0.39 is 0 Å². The molecule has 2 rings (SSSR count). The van der Waals surface area contributed by atoms with Gasteiger partial charge in [-0.1, -0.05) is 19.3 Å². The number of rotatable bonds is 5. The zero-order valence-electron chi connectivity index (χ0n) is 12.7. The Morgan fingerprint density at radius 3 is 2.60 bits per heavy atom. The monoisotopic (exact) mass is 278 g/mol. The second-order valence-electron chi connectivity index (χ2n) is 5.75. The van der Waals surface area contributed by atoms with Crippen LogP contribution in [0.3, 0.4) is 0 Å². The number of methoxy groups -OCH3 is 1. The molecule has 1 heterocycles. The maximum atomic E-state index is 5.91. The highest BCUT2D eigenvalue weighted by atomic mass is 16.5. The van der Waals surface area contributed by atoms with Crippen LogP contribution in [0.25, 0.3) is 0 Å². The zero-order chi connectivity index (χ0) is 14.6. The van der Waals surface area contributed by atoms with Gasteiger partial charge in [0.25, 0.3) is 0 Å². The lowest BCUT2D eigenvalue weighted by atomic mass is 9.74. The van der Waals surface area contributed by atoms with E-state index in [1.165, 1.54) is 19.3 Å². The fraction of sp³-hybridized carbons (Fsp3) is 0.667. The van der Waals surface area contributed by atoms with Gasteiger partial charge in [-0.3, -0.25) is 10.8 Å². The first-order valence-electron chi connectivity index (χ1n) is 7.28. The SMILES string of the molecule is COc1cccnc1C(NN)C1(N(C)C)CCCCC1. The van der Waals surface area contributed by atoms with Crippen molar-refractivity contribution in [3.8, 4) is 5.75 Å². The summed E-state index contributed by atoms with van der Waals surface area (Å²) in [5.74, 6) is 6.70. The minimum absolute atomic E-state index is 0.00532. The first-order valence-corrected chi connectivity index (χ1v) is 7.28. The maximum Gasteiger partial charge on any atom is 0.142 e. The molecule has 0 radical (unpaired) electrons. The fourth-order valence-electron chi connectivity index (χ4n) is 3.44. The second kappa shape index (κ2) is 6.52. The van der Waals surface area contributed by atoms with Gasteiger partial charge in [-0.15, -0.1) is 0 Å². The number of nitrogens with two attached hydrogens (primary N) is 1. The molecule has 5 heteroatoms. The van der Waals surface area contributed by atoms with Crippen LogP contribution in [0, 0.1) is 0 Å².